The van der Waals surface area contributed by atoms with Crippen molar-refractivity contribution in [2.45, 2.75) is 25.4 Å². The molecule has 24 heavy (non-hydrogen) atoms. The fourth-order valence-electron chi connectivity index (χ4n) is 2.84. The number of hydrogen-bond acceptors (Lipinski definition) is 4. The summed E-state index contributed by atoms with van der Waals surface area (Å²) in [5.41, 5.74) is 1.11. The minimum Gasteiger partial charge on any atom is -0.348 e. The molecule has 0 radical (unpaired) electrons. The predicted octanol–water partition coefficient (Wildman–Crippen LogP) is 0.382. The van der Waals surface area contributed by atoms with Crippen molar-refractivity contribution in [2.75, 3.05) is 12.3 Å². The molecule has 2 rings (SSSR count). The summed E-state index contributed by atoms with van der Waals surface area (Å²) in [6.07, 6.45) is 2.51. The third-order valence-corrected chi connectivity index (χ3v) is 4.80. The van der Waals surface area contributed by atoms with Crippen LogP contribution in [0.5, 0.6) is 0 Å². The van der Waals surface area contributed by atoms with Gasteiger partial charge in [-0.15, -0.1) is 0 Å². The minimum atomic E-state index is -3.65. The van der Waals surface area contributed by atoms with Gasteiger partial charge in [0.2, 0.25) is 15.9 Å². The maximum Gasteiger partial charge on any atom is 0.254 e. The number of nitrogens with two attached hydrogens (primary N) is 1. The zero-order chi connectivity index (χ0) is 17.7. The first-order chi connectivity index (χ1) is 11.3. The highest BCUT2D eigenvalue weighted by Gasteiger charge is 2.32. The standard InChI is InChI=1S/C16H21N3O4S/c1-2-15(20)18-10-12-6-3-4-8-14(12)16(21)19-9-5-7-13(19)11-24(17,22)23/h2-4,6,8,13H,1,5,7,9-11H2,(H,18,20)(H2,17,22,23). The maximum absolute atomic E-state index is 12.8. The van der Waals surface area contributed by atoms with Crippen LogP contribution < -0.4 is 10.5 Å². The Morgan fingerprint density at radius 2 is 2.08 bits per heavy atom. The van der Waals surface area contributed by atoms with Gasteiger partial charge < -0.3 is 10.2 Å². The van der Waals surface area contributed by atoms with Gasteiger partial charge in [-0.3, -0.25) is 9.59 Å². The van der Waals surface area contributed by atoms with E-state index in [0.717, 1.165) is 12.5 Å². The summed E-state index contributed by atoms with van der Waals surface area (Å²) in [4.78, 5) is 25.7. The number of rotatable bonds is 6. The number of primary sulfonamides is 1. The van der Waals surface area contributed by atoms with E-state index in [1.54, 1.807) is 29.2 Å². The van der Waals surface area contributed by atoms with Crippen LogP contribution in [0.3, 0.4) is 0 Å². The smallest absolute Gasteiger partial charge is 0.254 e. The van der Waals surface area contributed by atoms with Crippen LogP contribution in [0.2, 0.25) is 0 Å². The fraction of sp³-hybridized carbons (Fsp3) is 0.375. The highest BCUT2D eigenvalue weighted by molar-refractivity contribution is 7.89. The highest BCUT2D eigenvalue weighted by atomic mass is 32.2. The molecule has 3 N–H and O–H groups in total. The van der Waals surface area contributed by atoms with E-state index in [1.165, 1.54) is 0 Å². The molecule has 1 heterocycles. The van der Waals surface area contributed by atoms with Gasteiger partial charge in [0.25, 0.3) is 5.91 Å². The van der Waals surface area contributed by atoms with Crippen molar-refractivity contribution < 1.29 is 18.0 Å². The molecular formula is C16H21N3O4S. The van der Waals surface area contributed by atoms with E-state index >= 15 is 0 Å². The van der Waals surface area contributed by atoms with Crippen LogP contribution in [-0.4, -0.2) is 43.5 Å². The van der Waals surface area contributed by atoms with Gasteiger partial charge in [-0.25, -0.2) is 13.6 Å². The highest BCUT2D eigenvalue weighted by Crippen LogP contribution is 2.22. The first kappa shape index (κ1) is 18.2. The molecular weight excluding hydrogens is 330 g/mol. The lowest BCUT2D eigenvalue weighted by Gasteiger charge is -2.25. The second-order valence-electron chi connectivity index (χ2n) is 5.70. The summed E-state index contributed by atoms with van der Waals surface area (Å²) in [7, 11) is -3.65. The lowest BCUT2D eigenvalue weighted by molar-refractivity contribution is -0.116. The van der Waals surface area contributed by atoms with Gasteiger partial charge in [0.05, 0.1) is 5.75 Å². The van der Waals surface area contributed by atoms with Gasteiger partial charge >= 0.3 is 0 Å². The van der Waals surface area contributed by atoms with Crippen molar-refractivity contribution in [1.29, 1.82) is 0 Å². The molecule has 1 aliphatic rings. The van der Waals surface area contributed by atoms with E-state index in [9.17, 15) is 18.0 Å². The monoisotopic (exact) mass is 351 g/mol. The maximum atomic E-state index is 12.8. The number of amides is 2. The van der Waals surface area contributed by atoms with E-state index in [-0.39, 0.29) is 24.1 Å². The van der Waals surface area contributed by atoms with E-state index in [4.69, 9.17) is 5.14 Å². The number of carbonyl (C=O) groups is 2. The Morgan fingerprint density at radius 3 is 2.75 bits per heavy atom. The van der Waals surface area contributed by atoms with Crippen LogP contribution >= 0.6 is 0 Å². The van der Waals surface area contributed by atoms with Crippen molar-refractivity contribution in [3.8, 4) is 0 Å². The van der Waals surface area contributed by atoms with Crippen LogP contribution in [0.25, 0.3) is 0 Å². The summed E-state index contributed by atoms with van der Waals surface area (Å²) in [6.45, 7) is 4.07. The van der Waals surface area contributed by atoms with Crippen molar-refractivity contribution in [2.24, 2.45) is 5.14 Å². The number of benzene rings is 1. The van der Waals surface area contributed by atoms with Crippen LogP contribution in [-0.2, 0) is 21.4 Å². The molecule has 0 bridgehead atoms. The molecule has 1 unspecified atom stereocenters. The van der Waals surface area contributed by atoms with Gasteiger partial charge in [-0.1, -0.05) is 24.8 Å². The first-order valence-corrected chi connectivity index (χ1v) is 9.33. The fourth-order valence-corrected chi connectivity index (χ4v) is 3.72. The average molecular weight is 351 g/mol. The van der Waals surface area contributed by atoms with Crippen LogP contribution in [0, 0.1) is 0 Å². The van der Waals surface area contributed by atoms with Gasteiger partial charge in [-0.05, 0) is 30.5 Å². The lowest BCUT2D eigenvalue weighted by atomic mass is 10.1. The van der Waals surface area contributed by atoms with Crippen molar-refractivity contribution in [3.63, 3.8) is 0 Å². The summed E-state index contributed by atoms with van der Waals surface area (Å²) < 4.78 is 22.7. The van der Waals surface area contributed by atoms with Gasteiger partial charge in [0, 0.05) is 24.7 Å². The number of hydrogen-bond donors (Lipinski definition) is 2. The molecule has 0 saturated carbocycles. The molecule has 1 aromatic rings. The molecule has 130 valence electrons. The minimum absolute atomic E-state index is 0.195. The molecule has 7 nitrogen and oxygen atoms in total. The Hall–Kier alpha value is -2.19. The number of likely N-dealkylation sites (tertiary alicyclic amines) is 1. The number of carbonyl (C=O) groups excluding carboxylic acids is 2. The van der Waals surface area contributed by atoms with Gasteiger partial charge in [0.1, 0.15) is 0 Å². The van der Waals surface area contributed by atoms with Gasteiger partial charge in [-0.2, -0.15) is 0 Å². The zero-order valence-corrected chi connectivity index (χ0v) is 14.1. The molecule has 0 aromatic heterocycles. The van der Waals surface area contributed by atoms with Crippen LogP contribution in [0.4, 0.5) is 0 Å². The van der Waals surface area contributed by atoms with E-state index in [0.29, 0.717) is 24.1 Å². The van der Waals surface area contributed by atoms with Crippen LogP contribution in [0.1, 0.15) is 28.8 Å². The molecule has 8 heteroatoms. The SMILES string of the molecule is C=CC(=O)NCc1ccccc1C(=O)N1CCCC1CS(N)(=O)=O. The molecule has 1 aromatic carbocycles. The molecule has 1 saturated heterocycles. The molecule has 0 aliphatic carbocycles. The molecule has 1 fully saturated rings. The molecule has 0 spiro atoms. The average Bonchev–Trinajstić information content (AvgIpc) is 2.98. The Balaban J connectivity index is 2.19. The third kappa shape index (κ3) is 4.65. The van der Waals surface area contributed by atoms with Crippen molar-refractivity contribution >= 4 is 21.8 Å². The summed E-state index contributed by atoms with van der Waals surface area (Å²) >= 11 is 0. The summed E-state index contributed by atoms with van der Waals surface area (Å²) in [5, 5.41) is 7.76. The largest absolute Gasteiger partial charge is 0.348 e. The molecule has 2 amide bonds. The Kier molecular flexibility index (Phi) is 5.74. The number of sulfonamides is 1. The third-order valence-electron chi connectivity index (χ3n) is 3.95. The van der Waals surface area contributed by atoms with E-state index < -0.39 is 16.1 Å². The topological polar surface area (TPSA) is 110 Å². The Labute approximate surface area is 141 Å². The lowest BCUT2D eigenvalue weighted by Crippen LogP contribution is -2.41. The number of nitrogens with zero attached hydrogens (tertiary/aromatic N) is 1. The predicted molar refractivity (Wildman–Crippen MR) is 90.5 cm³/mol. The Bertz CT molecular complexity index is 745. The number of nitrogens with one attached hydrogen (secondary N) is 1. The summed E-state index contributed by atoms with van der Waals surface area (Å²) in [5.74, 6) is -0.816. The molecule has 1 atom stereocenters. The van der Waals surface area contributed by atoms with Crippen molar-refractivity contribution in [1.82, 2.24) is 10.2 Å². The van der Waals surface area contributed by atoms with E-state index in [2.05, 4.69) is 11.9 Å². The van der Waals surface area contributed by atoms with Crippen molar-refractivity contribution in [3.05, 3.63) is 48.0 Å². The quantitative estimate of drug-likeness (QED) is 0.722. The van der Waals surface area contributed by atoms with Crippen LogP contribution in [0.15, 0.2) is 36.9 Å². The Morgan fingerprint density at radius 1 is 1.38 bits per heavy atom. The first-order valence-electron chi connectivity index (χ1n) is 7.61. The summed E-state index contributed by atoms with van der Waals surface area (Å²) in [6, 6.07) is 6.52. The van der Waals surface area contributed by atoms with Gasteiger partial charge in [0.15, 0.2) is 0 Å². The second-order valence-corrected chi connectivity index (χ2v) is 7.36. The zero-order valence-electron chi connectivity index (χ0n) is 13.3. The second kappa shape index (κ2) is 7.59. The molecule has 1 aliphatic heterocycles. The normalized spacial score (nSPS) is 17.5. The van der Waals surface area contributed by atoms with E-state index in [1.807, 2.05) is 0 Å².